The number of ketones is 1. The number of aromatic nitrogens is 3. The van der Waals surface area contributed by atoms with E-state index in [1.54, 1.807) is 27.0 Å². The number of carbonyl (C=O) groups is 4. The monoisotopic (exact) mass is 794 g/mol. The Balaban J connectivity index is 1.35. The maximum Gasteiger partial charge on any atom is 0.307 e. The van der Waals surface area contributed by atoms with Crippen molar-refractivity contribution in [2.24, 2.45) is 17.3 Å². The highest BCUT2D eigenvalue weighted by Gasteiger charge is 2.61. The van der Waals surface area contributed by atoms with Gasteiger partial charge in [0.1, 0.15) is 23.5 Å². The van der Waals surface area contributed by atoms with Gasteiger partial charge in [-0.15, -0.1) is 0 Å². The van der Waals surface area contributed by atoms with Crippen LogP contribution in [0.4, 0.5) is 0 Å². The lowest BCUT2D eigenvalue weighted by atomic mass is 9.90. The molecule has 56 heavy (non-hydrogen) atoms. The molecule has 2 fully saturated rings. The van der Waals surface area contributed by atoms with E-state index in [4.69, 9.17) is 18.9 Å². The smallest absolute Gasteiger partial charge is 0.307 e. The molecule has 1 N–H and O–H groups in total. The van der Waals surface area contributed by atoms with Crippen LogP contribution in [0.25, 0.3) is 22.5 Å². The van der Waals surface area contributed by atoms with Crippen molar-refractivity contribution >= 4 is 44.8 Å². The summed E-state index contributed by atoms with van der Waals surface area (Å²) in [6.45, 7) is 9.35. The number of nitrogens with one attached hydrogen (secondary N) is 1. The van der Waals surface area contributed by atoms with Crippen molar-refractivity contribution in [2.75, 3.05) is 20.6 Å². The van der Waals surface area contributed by atoms with Crippen LogP contribution in [0.2, 0.25) is 0 Å². The third-order valence-electron chi connectivity index (χ3n) is 10.8. The number of imidazole rings is 1. The molecule has 2 aliphatic heterocycles. The minimum absolute atomic E-state index is 0.0332. The van der Waals surface area contributed by atoms with Crippen molar-refractivity contribution in [1.82, 2.24) is 28.5 Å². The molecule has 1 aromatic carbocycles. The minimum Gasteiger partial charge on any atom is -0.460 e. The maximum atomic E-state index is 14.7. The first-order chi connectivity index (χ1) is 26.4. The van der Waals surface area contributed by atoms with Gasteiger partial charge in [0, 0.05) is 38.9 Å². The molecule has 0 radical (unpaired) electrons. The predicted molar refractivity (Wildman–Crippen MR) is 207 cm³/mol. The molecule has 16 heteroatoms. The number of amides is 2. The van der Waals surface area contributed by atoms with Crippen LogP contribution in [0.5, 0.6) is 6.01 Å². The molecule has 3 aliphatic rings. The van der Waals surface area contributed by atoms with Crippen LogP contribution in [-0.2, 0) is 34.1 Å². The van der Waals surface area contributed by atoms with E-state index in [0.717, 1.165) is 29.1 Å². The van der Waals surface area contributed by atoms with E-state index in [0.29, 0.717) is 35.8 Å². The van der Waals surface area contributed by atoms with E-state index in [2.05, 4.69) is 9.71 Å². The summed E-state index contributed by atoms with van der Waals surface area (Å²) in [5.74, 6) is -2.70. The van der Waals surface area contributed by atoms with Crippen LogP contribution in [0.1, 0.15) is 98.4 Å². The molecule has 0 bridgehead atoms. The Hall–Kier alpha value is -4.57. The van der Waals surface area contributed by atoms with Gasteiger partial charge in [-0.25, -0.2) is 9.71 Å². The Bertz CT molecular complexity index is 2090. The number of hydrogen-bond acceptors (Lipinski definition) is 11. The summed E-state index contributed by atoms with van der Waals surface area (Å²) in [5, 5.41) is 0. The van der Waals surface area contributed by atoms with Crippen molar-refractivity contribution < 1.29 is 41.5 Å². The van der Waals surface area contributed by atoms with E-state index < -0.39 is 51.2 Å². The number of hydrogen-bond donors (Lipinski definition) is 1. The molecular weight excluding hydrogens is 741 g/mol. The van der Waals surface area contributed by atoms with Gasteiger partial charge in [-0.05, 0) is 78.4 Å². The number of fused-ring (bicyclic) bond motifs is 3. The number of ether oxygens (including phenoxy) is 2. The summed E-state index contributed by atoms with van der Waals surface area (Å²) in [7, 11) is -1.50. The fraction of sp³-hybridized carbons (Fsp3) is 0.600. The average molecular weight is 795 g/mol. The normalized spacial score (nSPS) is 25.7. The number of carbonyl (C=O) groups excluding carboxylic acids is 4. The number of oxazole rings is 1. The van der Waals surface area contributed by atoms with E-state index >= 15 is 0 Å². The number of nitrogens with zero attached hydrogens (tertiary/aromatic N) is 5. The summed E-state index contributed by atoms with van der Waals surface area (Å²) in [4.78, 5) is 66.9. The molecule has 5 atom stereocenters. The number of benzene rings is 1. The molecule has 2 aromatic heterocycles. The Morgan fingerprint density at radius 1 is 1.14 bits per heavy atom. The van der Waals surface area contributed by atoms with E-state index in [1.165, 1.54) is 25.3 Å². The van der Waals surface area contributed by atoms with Crippen molar-refractivity contribution in [1.29, 1.82) is 0 Å². The number of rotatable bonds is 9. The Morgan fingerprint density at radius 3 is 2.59 bits per heavy atom. The summed E-state index contributed by atoms with van der Waals surface area (Å²) < 4.78 is 48.4. The van der Waals surface area contributed by atoms with E-state index in [1.807, 2.05) is 48.8 Å². The minimum atomic E-state index is -4.13. The Kier molecular flexibility index (Phi) is 11.8. The lowest BCUT2D eigenvalue weighted by Gasteiger charge is -2.29. The zero-order valence-electron chi connectivity index (χ0n) is 33.3. The fourth-order valence-corrected chi connectivity index (χ4v) is 8.50. The number of esters is 1. The third-order valence-corrected chi connectivity index (χ3v) is 12.2. The summed E-state index contributed by atoms with van der Waals surface area (Å²) >= 11 is 0. The lowest BCUT2D eigenvalue weighted by Crippen LogP contribution is -2.47. The highest BCUT2D eigenvalue weighted by atomic mass is 32.2. The van der Waals surface area contributed by atoms with Crippen LogP contribution >= 0.6 is 0 Å². The van der Waals surface area contributed by atoms with Gasteiger partial charge in [0.25, 0.3) is 6.01 Å². The van der Waals surface area contributed by atoms with Crippen LogP contribution in [0.3, 0.4) is 0 Å². The molecule has 3 aromatic rings. The van der Waals surface area contributed by atoms with Crippen LogP contribution in [0.15, 0.2) is 47.2 Å². The van der Waals surface area contributed by atoms with Gasteiger partial charge in [-0.1, -0.05) is 31.1 Å². The van der Waals surface area contributed by atoms with Crippen LogP contribution in [0, 0.1) is 17.3 Å². The second-order valence-electron chi connectivity index (χ2n) is 16.7. The predicted octanol–water partition coefficient (Wildman–Crippen LogP) is 5.38. The highest BCUT2D eigenvalue weighted by Crippen LogP contribution is 2.57. The number of allylic oxidation sites excluding steroid dienone is 2. The second-order valence-corrected chi connectivity index (χ2v) is 18.6. The zero-order valence-corrected chi connectivity index (χ0v) is 34.1. The third kappa shape index (κ3) is 8.85. The maximum absolute atomic E-state index is 14.7. The molecule has 1 saturated carbocycles. The largest absolute Gasteiger partial charge is 0.460 e. The Labute approximate surface area is 328 Å². The van der Waals surface area contributed by atoms with Crippen molar-refractivity contribution in [3.63, 3.8) is 0 Å². The van der Waals surface area contributed by atoms with Crippen LogP contribution < -0.4 is 9.46 Å². The van der Waals surface area contributed by atoms with E-state index in [9.17, 15) is 27.6 Å². The van der Waals surface area contributed by atoms with Gasteiger partial charge in [0.15, 0.2) is 5.78 Å². The SMILES string of the molecule is CC(C)n1c(O[C@@H]2C[C@H]3C(=O)C[C@]4(C(=O)NS(=O)(=O)N(C)C)C[C@H]4/C=C\CCCCC[C@H](CC(=O)OC(C)(C)C)C(=O)N3C2)nc2c(-c3ncco3)cccc21. The number of Topliss-reactive ketones (excluding diaryl/α,β-unsaturated/α-hetero) is 1. The highest BCUT2D eigenvalue weighted by molar-refractivity contribution is 7.87. The van der Waals surface area contributed by atoms with Gasteiger partial charge in [-0.2, -0.15) is 17.7 Å². The Morgan fingerprint density at radius 2 is 1.91 bits per heavy atom. The molecule has 0 spiro atoms. The molecule has 0 unspecified atom stereocenters. The fourth-order valence-electron chi connectivity index (χ4n) is 7.88. The molecule has 304 valence electrons. The van der Waals surface area contributed by atoms with Gasteiger partial charge < -0.3 is 18.8 Å². The average Bonchev–Trinajstić information content (AvgIpc) is 3.51. The molecule has 15 nitrogen and oxygen atoms in total. The van der Waals surface area contributed by atoms with Gasteiger partial charge in [0.2, 0.25) is 17.7 Å². The van der Waals surface area contributed by atoms with Gasteiger partial charge in [-0.3, -0.25) is 23.7 Å². The van der Waals surface area contributed by atoms with Crippen LogP contribution in [-0.4, -0.2) is 94.1 Å². The molecular formula is C40H54N6O9S. The van der Waals surface area contributed by atoms with Crippen molar-refractivity contribution in [2.45, 2.75) is 116 Å². The zero-order chi connectivity index (χ0) is 40.6. The summed E-state index contributed by atoms with van der Waals surface area (Å²) in [6.07, 6.45) is 9.67. The molecule has 1 saturated heterocycles. The quantitative estimate of drug-likeness (QED) is 0.217. The molecule has 6 rings (SSSR count). The first-order valence-corrected chi connectivity index (χ1v) is 20.9. The lowest BCUT2D eigenvalue weighted by molar-refractivity contribution is -0.159. The molecule has 2 amide bonds. The summed E-state index contributed by atoms with van der Waals surface area (Å²) in [6, 6.07) is 4.88. The van der Waals surface area contributed by atoms with Gasteiger partial charge in [0.05, 0.1) is 41.7 Å². The second kappa shape index (κ2) is 16.1. The van der Waals surface area contributed by atoms with Gasteiger partial charge >= 0.3 is 16.2 Å². The first-order valence-electron chi connectivity index (χ1n) is 19.4. The van der Waals surface area contributed by atoms with E-state index in [-0.39, 0.29) is 55.9 Å². The van der Waals surface area contributed by atoms with Crippen molar-refractivity contribution in [3.8, 4) is 17.5 Å². The first kappa shape index (κ1) is 41.1. The van der Waals surface area contributed by atoms with Crippen molar-refractivity contribution in [3.05, 3.63) is 42.8 Å². The summed E-state index contributed by atoms with van der Waals surface area (Å²) in [5.41, 5.74) is 0.0321. The molecule has 4 heterocycles. The standard InChI is InChI=1S/C40H54N6O9S/c1-25(2)46-30-17-13-16-29(35-41-18-19-53-35)34(30)42-38(46)54-28-21-31-32(47)23-40(37(50)43-56(51,52)44(6)7)22-27(40)15-12-10-8-9-11-14-26(36(49)45(31)24-28)20-33(48)55-39(3,4)5/h12-13,15-19,25-28,31H,8-11,14,20-24H2,1-7H3,(H,43,50)/b15-12-/t26-,27-,28-,31+,40-/m1/s1. The molecule has 1 aliphatic carbocycles. The topological polar surface area (TPSA) is 183 Å². The number of para-hydroxylation sites is 1.